The van der Waals surface area contributed by atoms with Crippen LogP contribution < -0.4 is 14.8 Å². The van der Waals surface area contributed by atoms with Gasteiger partial charge < -0.3 is 14.8 Å². The summed E-state index contributed by atoms with van der Waals surface area (Å²) in [6, 6.07) is 16.7. The summed E-state index contributed by atoms with van der Waals surface area (Å²) in [5.74, 6) is 0.995. The first-order valence-corrected chi connectivity index (χ1v) is 8.95. The van der Waals surface area contributed by atoms with E-state index in [4.69, 9.17) is 9.47 Å². The van der Waals surface area contributed by atoms with Crippen LogP contribution in [0.15, 0.2) is 54.6 Å². The number of carbonyl (C=O) groups is 1. The maximum absolute atomic E-state index is 13.0. The summed E-state index contributed by atoms with van der Waals surface area (Å²) in [7, 11) is 0. The quantitative estimate of drug-likeness (QED) is 0.680. The molecule has 0 aliphatic rings. The molecule has 0 radical (unpaired) electrons. The number of aryl methyl sites for hydroxylation is 1. The second-order valence-electron chi connectivity index (χ2n) is 5.90. The predicted octanol–water partition coefficient (Wildman–Crippen LogP) is 4.23. The molecule has 0 saturated carbocycles. The SMILES string of the molecule is CCOc1ccc(OCC)c(NC(=O)c2cc(C)nn2-c2ccccc2)c1. The number of anilines is 1. The molecule has 6 heteroatoms. The zero-order valence-corrected chi connectivity index (χ0v) is 15.7. The van der Waals surface area contributed by atoms with Gasteiger partial charge in [0.2, 0.25) is 0 Å². The fraction of sp³-hybridized carbons (Fsp3) is 0.238. The van der Waals surface area contributed by atoms with Crippen molar-refractivity contribution in [3.63, 3.8) is 0 Å². The molecule has 0 aliphatic carbocycles. The minimum atomic E-state index is -0.269. The molecule has 0 spiro atoms. The highest BCUT2D eigenvalue weighted by molar-refractivity contribution is 6.04. The van der Waals surface area contributed by atoms with E-state index < -0.39 is 0 Å². The third-order valence-electron chi connectivity index (χ3n) is 3.88. The van der Waals surface area contributed by atoms with Crippen molar-refractivity contribution in [2.24, 2.45) is 0 Å². The Hall–Kier alpha value is -3.28. The number of hydrogen-bond acceptors (Lipinski definition) is 4. The van der Waals surface area contributed by atoms with Crippen molar-refractivity contribution in [2.75, 3.05) is 18.5 Å². The summed E-state index contributed by atoms with van der Waals surface area (Å²) in [4.78, 5) is 13.0. The van der Waals surface area contributed by atoms with E-state index in [1.807, 2.05) is 57.2 Å². The van der Waals surface area contributed by atoms with Gasteiger partial charge in [0.1, 0.15) is 17.2 Å². The Morgan fingerprint density at radius 3 is 2.48 bits per heavy atom. The normalized spacial score (nSPS) is 10.5. The molecule has 1 amide bonds. The molecule has 3 rings (SSSR count). The van der Waals surface area contributed by atoms with Crippen molar-refractivity contribution in [3.05, 3.63) is 66.0 Å². The molecule has 0 atom stereocenters. The number of aromatic nitrogens is 2. The second-order valence-corrected chi connectivity index (χ2v) is 5.90. The van der Waals surface area contributed by atoms with Gasteiger partial charge >= 0.3 is 0 Å². The van der Waals surface area contributed by atoms with Crippen LogP contribution in [0.3, 0.4) is 0 Å². The molecular formula is C21H23N3O3. The van der Waals surface area contributed by atoms with Crippen LogP contribution in [-0.4, -0.2) is 28.9 Å². The molecule has 1 N–H and O–H groups in total. The van der Waals surface area contributed by atoms with Gasteiger partial charge in [-0.15, -0.1) is 0 Å². The number of benzene rings is 2. The van der Waals surface area contributed by atoms with Crippen molar-refractivity contribution in [1.29, 1.82) is 0 Å². The van der Waals surface area contributed by atoms with E-state index in [0.29, 0.717) is 36.1 Å². The van der Waals surface area contributed by atoms with E-state index in [1.165, 1.54) is 0 Å². The van der Waals surface area contributed by atoms with E-state index in [9.17, 15) is 4.79 Å². The Labute approximate surface area is 158 Å². The lowest BCUT2D eigenvalue weighted by Crippen LogP contribution is -2.17. The van der Waals surface area contributed by atoms with E-state index in [1.54, 1.807) is 22.9 Å². The monoisotopic (exact) mass is 365 g/mol. The second kappa shape index (κ2) is 8.40. The predicted molar refractivity (Wildman–Crippen MR) is 105 cm³/mol. The average Bonchev–Trinajstić information content (AvgIpc) is 3.07. The summed E-state index contributed by atoms with van der Waals surface area (Å²) < 4.78 is 12.8. The number of ether oxygens (including phenoxy) is 2. The molecule has 0 aliphatic heterocycles. The number of amides is 1. The Balaban J connectivity index is 1.93. The zero-order valence-electron chi connectivity index (χ0n) is 15.7. The van der Waals surface area contributed by atoms with Crippen LogP contribution in [0.4, 0.5) is 5.69 Å². The number of rotatable bonds is 7. The van der Waals surface area contributed by atoms with Crippen molar-refractivity contribution in [3.8, 4) is 17.2 Å². The van der Waals surface area contributed by atoms with Gasteiger partial charge in [-0.05, 0) is 51.1 Å². The van der Waals surface area contributed by atoms with E-state index in [2.05, 4.69) is 10.4 Å². The molecule has 0 saturated heterocycles. The smallest absolute Gasteiger partial charge is 0.274 e. The van der Waals surface area contributed by atoms with Crippen LogP contribution in [-0.2, 0) is 0 Å². The molecular weight excluding hydrogens is 342 g/mol. The van der Waals surface area contributed by atoms with Gasteiger partial charge in [-0.25, -0.2) is 4.68 Å². The summed E-state index contributed by atoms with van der Waals surface area (Å²) in [6.45, 7) is 6.71. The van der Waals surface area contributed by atoms with Crippen molar-refractivity contribution >= 4 is 11.6 Å². The Morgan fingerprint density at radius 2 is 1.78 bits per heavy atom. The van der Waals surface area contributed by atoms with Crippen LogP contribution in [0.25, 0.3) is 5.69 Å². The Morgan fingerprint density at radius 1 is 1.04 bits per heavy atom. The summed E-state index contributed by atoms with van der Waals surface area (Å²) >= 11 is 0. The fourth-order valence-corrected chi connectivity index (χ4v) is 2.76. The number of para-hydroxylation sites is 1. The Bertz CT molecular complexity index is 920. The molecule has 0 bridgehead atoms. The van der Waals surface area contributed by atoms with Crippen LogP contribution in [0.5, 0.6) is 11.5 Å². The molecule has 1 heterocycles. The number of hydrogen-bond donors (Lipinski definition) is 1. The maximum Gasteiger partial charge on any atom is 0.274 e. The van der Waals surface area contributed by atoms with Gasteiger partial charge in [-0.2, -0.15) is 5.10 Å². The Kier molecular flexibility index (Phi) is 5.76. The highest BCUT2D eigenvalue weighted by atomic mass is 16.5. The zero-order chi connectivity index (χ0) is 19.2. The first kappa shape index (κ1) is 18.5. The third kappa shape index (κ3) is 4.28. The van der Waals surface area contributed by atoms with E-state index >= 15 is 0 Å². The van der Waals surface area contributed by atoms with E-state index in [-0.39, 0.29) is 5.91 Å². The lowest BCUT2D eigenvalue weighted by Gasteiger charge is -2.14. The molecule has 27 heavy (non-hydrogen) atoms. The maximum atomic E-state index is 13.0. The molecule has 140 valence electrons. The average molecular weight is 365 g/mol. The van der Waals surface area contributed by atoms with Gasteiger partial charge in [0, 0.05) is 6.07 Å². The van der Waals surface area contributed by atoms with Crippen LogP contribution in [0.1, 0.15) is 30.0 Å². The van der Waals surface area contributed by atoms with Gasteiger partial charge in [0.25, 0.3) is 5.91 Å². The molecule has 1 aromatic heterocycles. The fourth-order valence-electron chi connectivity index (χ4n) is 2.76. The summed E-state index contributed by atoms with van der Waals surface area (Å²) in [5.41, 5.74) is 2.59. The van der Waals surface area contributed by atoms with E-state index in [0.717, 1.165) is 11.4 Å². The van der Waals surface area contributed by atoms with Crippen molar-refractivity contribution in [2.45, 2.75) is 20.8 Å². The molecule has 0 unspecified atom stereocenters. The first-order chi connectivity index (χ1) is 13.1. The summed E-state index contributed by atoms with van der Waals surface area (Å²) in [6.07, 6.45) is 0. The van der Waals surface area contributed by atoms with Gasteiger partial charge in [0.05, 0.1) is 30.3 Å². The number of nitrogens with one attached hydrogen (secondary N) is 1. The van der Waals surface area contributed by atoms with Crippen LogP contribution >= 0.6 is 0 Å². The molecule has 2 aromatic carbocycles. The molecule has 3 aromatic rings. The number of nitrogens with zero attached hydrogens (tertiary/aromatic N) is 2. The first-order valence-electron chi connectivity index (χ1n) is 8.95. The lowest BCUT2D eigenvalue weighted by atomic mass is 10.2. The lowest BCUT2D eigenvalue weighted by molar-refractivity contribution is 0.101. The van der Waals surface area contributed by atoms with Gasteiger partial charge in [-0.1, -0.05) is 18.2 Å². The van der Waals surface area contributed by atoms with Gasteiger partial charge in [0.15, 0.2) is 0 Å². The minimum Gasteiger partial charge on any atom is -0.494 e. The minimum absolute atomic E-state index is 0.269. The topological polar surface area (TPSA) is 65.4 Å². The van der Waals surface area contributed by atoms with Crippen LogP contribution in [0.2, 0.25) is 0 Å². The van der Waals surface area contributed by atoms with Crippen molar-refractivity contribution < 1.29 is 14.3 Å². The van der Waals surface area contributed by atoms with Crippen molar-refractivity contribution in [1.82, 2.24) is 9.78 Å². The molecule has 6 nitrogen and oxygen atoms in total. The van der Waals surface area contributed by atoms with Gasteiger partial charge in [-0.3, -0.25) is 4.79 Å². The highest BCUT2D eigenvalue weighted by Gasteiger charge is 2.17. The number of carbonyl (C=O) groups excluding carboxylic acids is 1. The molecule has 0 fully saturated rings. The largest absolute Gasteiger partial charge is 0.494 e. The van der Waals surface area contributed by atoms with Crippen LogP contribution in [0, 0.1) is 6.92 Å². The third-order valence-corrected chi connectivity index (χ3v) is 3.88. The highest BCUT2D eigenvalue weighted by Crippen LogP contribution is 2.30. The summed E-state index contributed by atoms with van der Waals surface area (Å²) in [5, 5.41) is 7.38. The standard InChI is InChI=1S/C21H23N3O3/c1-4-26-17-11-12-20(27-5-2)18(14-17)22-21(25)19-13-15(3)23-24(19)16-9-7-6-8-10-16/h6-14H,4-5H2,1-3H3,(H,22,25).